The van der Waals surface area contributed by atoms with Crippen LogP contribution in [0.4, 0.5) is 0 Å². The summed E-state index contributed by atoms with van der Waals surface area (Å²) in [7, 11) is 4.16. The van der Waals surface area contributed by atoms with E-state index in [-0.39, 0.29) is 5.41 Å². The van der Waals surface area contributed by atoms with Crippen LogP contribution in [0.3, 0.4) is 0 Å². The quantitative estimate of drug-likeness (QED) is 0.638. The number of hydrogen-bond acceptors (Lipinski definition) is 2. The Hall–Kier alpha value is -1.64. The highest BCUT2D eigenvalue weighted by Crippen LogP contribution is 2.37. The third-order valence-electron chi connectivity index (χ3n) is 4.36. The Kier molecular flexibility index (Phi) is 6.82. The van der Waals surface area contributed by atoms with E-state index in [0.717, 1.165) is 32.6 Å². The summed E-state index contributed by atoms with van der Waals surface area (Å²) in [6.07, 6.45) is 2.21. The number of hydrogen-bond donors (Lipinski definition) is 0. The molecule has 124 valence electrons. The van der Waals surface area contributed by atoms with E-state index in [4.69, 9.17) is 4.74 Å². The van der Waals surface area contributed by atoms with Gasteiger partial charge in [0.15, 0.2) is 0 Å². The van der Waals surface area contributed by atoms with Crippen LogP contribution >= 0.6 is 0 Å². The second kappa shape index (κ2) is 8.85. The molecule has 0 spiro atoms. The number of rotatable bonds is 9. The average Bonchev–Trinajstić information content (AvgIpc) is 2.59. The standard InChI is InChI=1S/C21H29NO/c1-4-15-21(18-23-17-16-22(2)3,19-11-7-5-8-12-19)20-13-9-6-10-14-20/h5-14H,4,15-18H2,1-3H3. The Morgan fingerprint density at radius 1 is 0.870 bits per heavy atom. The molecule has 0 unspecified atom stereocenters. The van der Waals surface area contributed by atoms with Gasteiger partial charge in [-0.25, -0.2) is 0 Å². The van der Waals surface area contributed by atoms with Crippen molar-refractivity contribution in [3.05, 3.63) is 71.8 Å². The van der Waals surface area contributed by atoms with E-state index in [1.807, 2.05) is 0 Å². The summed E-state index contributed by atoms with van der Waals surface area (Å²) in [5.74, 6) is 0. The minimum absolute atomic E-state index is 0.0659. The lowest BCUT2D eigenvalue weighted by Crippen LogP contribution is -2.34. The zero-order valence-corrected chi connectivity index (χ0v) is 14.7. The summed E-state index contributed by atoms with van der Waals surface area (Å²) in [6.45, 7) is 4.69. The third-order valence-corrected chi connectivity index (χ3v) is 4.36. The Bertz CT molecular complexity index is 511. The van der Waals surface area contributed by atoms with E-state index in [2.05, 4.69) is 86.6 Å². The molecule has 2 heteroatoms. The van der Waals surface area contributed by atoms with Crippen LogP contribution in [0.2, 0.25) is 0 Å². The lowest BCUT2D eigenvalue weighted by atomic mass is 9.72. The fourth-order valence-electron chi connectivity index (χ4n) is 3.13. The SMILES string of the molecule is CCCC(COCCN(C)C)(c1ccccc1)c1ccccc1. The molecule has 0 atom stereocenters. The van der Waals surface area contributed by atoms with Crippen LogP contribution in [0.5, 0.6) is 0 Å². The van der Waals surface area contributed by atoms with Gasteiger partial charge in [0.2, 0.25) is 0 Å². The van der Waals surface area contributed by atoms with E-state index < -0.39 is 0 Å². The van der Waals surface area contributed by atoms with Gasteiger partial charge in [0.05, 0.1) is 13.2 Å². The van der Waals surface area contributed by atoms with Crippen molar-refractivity contribution in [2.45, 2.75) is 25.2 Å². The topological polar surface area (TPSA) is 12.5 Å². The maximum Gasteiger partial charge on any atom is 0.0604 e. The van der Waals surface area contributed by atoms with Crippen molar-refractivity contribution in [2.24, 2.45) is 0 Å². The second-order valence-electron chi connectivity index (χ2n) is 6.42. The largest absolute Gasteiger partial charge is 0.379 e. The van der Waals surface area contributed by atoms with Crippen molar-refractivity contribution >= 4 is 0 Å². The second-order valence-corrected chi connectivity index (χ2v) is 6.42. The fraction of sp³-hybridized carbons (Fsp3) is 0.429. The van der Waals surface area contributed by atoms with Gasteiger partial charge in [0.1, 0.15) is 0 Å². The van der Waals surface area contributed by atoms with Crippen LogP contribution in [0, 0.1) is 0 Å². The van der Waals surface area contributed by atoms with Gasteiger partial charge in [-0.3, -0.25) is 0 Å². The zero-order valence-electron chi connectivity index (χ0n) is 14.7. The molecule has 0 radical (unpaired) electrons. The van der Waals surface area contributed by atoms with E-state index in [0.29, 0.717) is 0 Å². The molecule has 2 aromatic rings. The molecule has 23 heavy (non-hydrogen) atoms. The molecule has 2 nitrogen and oxygen atoms in total. The van der Waals surface area contributed by atoms with Gasteiger partial charge in [-0.05, 0) is 31.6 Å². The Labute approximate surface area is 141 Å². The summed E-state index contributed by atoms with van der Waals surface area (Å²) < 4.78 is 6.13. The van der Waals surface area contributed by atoms with Gasteiger partial charge in [-0.15, -0.1) is 0 Å². The van der Waals surface area contributed by atoms with Crippen molar-refractivity contribution in [2.75, 3.05) is 33.9 Å². The highest BCUT2D eigenvalue weighted by Gasteiger charge is 2.33. The molecule has 0 aliphatic carbocycles. The van der Waals surface area contributed by atoms with Gasteiger partial charge in [0, 0.05) is 12.0 Å². The lowest BCUT2D eigenvalue weighted by Gasteiger charge is -2.35. The predicted octanol–water partition coefficient (Wildman–Crippen LogP) is 4.35. The summed E-state index contributed by atoms with van der Waals surface area (Å²) in [5, 5.41) is 0. The number of nitrogens with zero attached hydrogens (tertiary/aromatic N) is 1. The first-order chi connectivity index (χ1) is 11.2. The van der Waals surface area contributed by atoms with Gasteiger partial charge in [-0.2, -0.15) is 0 Å². The number of likely N-dealkylation sites (N-methyl/N-ethyl adjacent to an activating group) is 1. The molecule has 0 fully saturated rings. The Morgan fingerprint density at radius 3 is 1.83 bits per heavy atom. The first-order valence-corrected chi connectivity index (χ1v) is 8.52. The summed E-state index contributed by atoms with van der Waals surface area (Å²) in [6, 6.07) is 21.6. The van der Waals surface area contributed by atoms with Gasteiger partial charge in [0.25, 0.3) is 0 Å². The normalized spacial score (nSPS) is 11.8. The first-order valence-electron chi connectivity index (χ1n) is 8.52. The van der Waals surface area contributed by atoms with Crippen molar-refractivity contribution < 1.29 is 4.74 Å². The minimum atomic E-state index is -0.0659. The van der Waals surface area contributed by atoms with Crippen LogP contribution in [-0.4, -0.2) is 38.8 Å². The van der Waals surface area contributed by atoms with Crippen LogP contribution < -0.4 is 0 Å². The Morgan fingerprint density at radius 2 is 1.39 bits per heavy atom. The van der Waals surface area contributed by atoms with Gasteiger partial charge >= 0.3 is 0 Å². The van der Waals surface area contributed by atoms with E-state index in [1.165, 1.54) is 11.1 Å². The summed E-state index contributed by atoms with van der Waals surface area (Å²) in [4.78, 5) is 2.16. The molecule has 0 aromatic heterocycles. The van der Waals surface area contributed by atoms with E-state index in [9.17, 15) is 0 Å². The molecule has 2 rings (SSSR count). The van der Waals surface area contributed by atoms with Crippen molar-refractivity contribution in [1.29, 1.82) is 0 Å². The number of ether oxygens (including phenoxy) is 1. The Balaban J connectivity index is 2.31. The lowest BCUT2D eigenvalue weighted by molar-refractivity contribution is 0.0808. The third kappa shape index (κ3) is 4.66. The van der Waals surface area contributed by atoms with Gasteiger partial charge < -0.3 is 9.64 Å². The maximum absolute atomic E-state index is 6.13. The minimum Gasteiger partial charge on any atom is -0.379 e. The molecule has 0 N–H and O–H groups in total. The van der Waals surface area contributed by atoms with Crippen LogP contribution in [0.1, 0.15) is 30.9 Å². The van der Waals surface area contributed by atoms with Crippen molar-refractivity contribution in [1.82, 2.24) is 4.90 Å². The maximum atomic E-state index is 6.13. The molecule has 0 heterocycles. The van der Waals surface area contributed by atoms with Gasteiger partial charge in [-0.1, -0.05) is 74.0 Å². The zero-order chi connectivity index (χ0) is 16.5. The first kappa shape index (κ1) is 17.7. The molecule has 0 saturated heterocycles. The highest BCUT2D eigenvalue weighted by molar-refractivity contribution is 5.39. The molecule has 2 aromatic carbocycles. The molecular weight excluding hydrogens is 282 g/mol. The van der Waals surface area contributed by atoms with Crippen LogP contribution in [-0.2, 0) is 10.2 Å². The fourth-order valence-corrected chi connectivity index (χ4v) is 3.13. The highest BCUT2D eigenvalue weighted by atomic mass is 16.5. The average molecular weight is 311 g/mol. The molecule has 0 amide bonds. The smallest absolute Gasteiger partial charge is 0.0604 e. The van der Waals surface area contributed by atoms with Crippen LogP contribution in [0.25, 0.3) is 0 Å². The van der Waals surface area contributed by atoms with E-state index in [1.54, 1.807) is 0 Å². The van der Waals surface area contributed by atoms with Crippen molar-refractivity contribution in [3.63, 3.8) is 0 Å². The molecule has 0 saturated carbocycles. The molecule has 0 bridgehead atoms. The molecular formula is C21H29NO. The number of benzene rings is 2. The summed E-state index contributed by atoms with van der Waals surface area (Å²) >= 11 is 0. The molecule has 0 aliphatic heterocycles. The predicted molar refractivity (Wildman–Crippen MR) is 97.9 cm³/mol. The summed E-state index contributed by atoms with van der Waals surface area (Å²) in [5.41, 5.74) is 2.62. The monoisotopic (exact) mass is 311 g/mol. The van der Waals surface area contributed by atoms with Crippen molar-refractivity contribution in [3.8, 4) is 0 Å². The van der Waals surface area contributed by atoms with Crippen LogP contribution in [0.15, 0.2) is 60.7 Å². The molecule has 0 aliphatic rings. The van der Waals surface area contributed by atoms with E-state index >= 15 is 0 Å².